The van der Waals surface area contributed by atoms with E-state index in [0.717, 1.165) is 15.6 Å². The summed E-state index contributed by atoms with van der Waals surface area (Å²) in [6.07, 6.45) is 2.95. The predicted octanol–water partition coefficient (Wildman–Crippen LogP) is 3.89. The van der Waals surface area contributed by atoms with Crippen molar-refractivity contribution in [3.63, 3.8) is 0 Å². The topological polar surface area (TPSA) is 58.2 Å². The van der Waals surface area contributed by atoms with Gasteiger partial charge in [0.15, 0.2) is 0 Å². The van der Waals surface area contributed by atoms with Crippen LogP contribution in [-0.2, 0) is 4.79 Å². The van der Waals surface area contributed by atoms with Crippen molar-refractivity contribution >= 4 is 45.4 Å². The van der Waals surface area contributed by atoms with E-state index >= 15 is 0 Å². The van der Waals surface area contributed by atoms with Gasteiger partial charge in [0, 0.05) is 21.1 Å². The Balaban J connectivity index is 1.89. The maximum Gasteiger partial charge on any atom is 0.269 e. The Morgan fingerprint density at radius 3 is 2.43 bits per heavy atom. The third kappa shape index (κ3) is 5.23. The fourth-order valence-electron chi connectivity index (χ4n) is 1.71. The van der Waals surface area contributed by atoms with Gasteiger partial charge in [-0.1, -0.05) is 45.7 Å². The minimum absolute atomic E-state index is 0.390. The lowest BCUT2D eigenvalue weighted by molar-refractivity contribution is -0.117. The van der Waals surface area contributed by atoms with Gasteiger partial charge in [0.05, 0.1) is 0 Å². The summed E-state index contributed by atoms with van der Waals surface area (Å²) < 4.78 is 0.833. The Labute approximate surface area is 147 Å². The van der Waals surface area contributed by atoms with Crippen molar-refractivity contribution in [3.8, 4) is 0 Å². The van der Waals surface area contributed by atoms with Crippen LogP contribution in [0.25, 0.3) is 6.08 Å². The number of carbonyl (C=O) groups is 2. The molecule has 118 valence electrons. The first-order chi connectivity index (χ1) is 11.0. The van der Waals surface area contributed by atoms with Crippen LogP contribution in [-0.4, -0.2) is 11.8 Å². The Kier molecular flexibility index (Phi) is 5.96. The van der Waals surface area contributed by atoms with E-state index in [9.17, 15) is 9.59 Å². The molecule has 2 aromatic rings. The summed E-state index contributed by atoms with van der Waals surface area (Å²) in [5.41, 5.74) is 6.99. The highest BCUT2D eigenvalue weighted by molar-refractivity contribution is 9.10. The number of hydrogen-bond donors (Lipinski definition) is 2. The number of amides is 2. The molecule has 0 aromatic heterocycles. The maximum absolute atomic E-state index is 11.9. The molecule has 4 nitrogen and oxygen atoms in total. The molecule has 23 heavy (non-hydrogen) atoms. The van der Waals surface area contributed by atoms with Crippen molar-refractivity contribution in [1.82, 2.24) is 10.9 Å². The second kappa shape index (κ2) is 7.94. The molecule has 2 rings (SSSR count). The smallest absolute Gasteiger partial charge is 0.268 e. The van der Waals surface area contributed by atoms with Crippen LogP contribution in [0.2, 0.25) is 5.02 Å². The van der Waals surface area contributed by atoms with E-state index in [1.807, 2.05) is 13.0 Å². The SMILES string of the molecule is Cc1ccc(C(=O)NNC(=O)/C=C/c2ccc(Cl)cc2)cc1Br. The molecular weight excluding hydrogens is 380 g/mol. The third-order valence-corrected chi connectivity index (χ3v) is 4.14. The molecule has 0 atom stereocenters. The minimum atomic E-state index is -0.431. The van der Waals surface area contributed by atoms with Crippen LogP contribution in [0.3, 0.4) is 0 Å². The van der Waals surface area contributed by atoms with Crippen molar-refractivity contribution < 1.29 is 9.59 Å². The van der Waals surface area contributed by atoms with Gasteiger partial charge >= 0.3 is 0 Å². The monoisotopic (exact) mass is 392 g/mol. The van der Waals surface area contributed by atoms with Crippen LogP contribution >= 0.6 is 27.5 Å². The van der Waals surface area contributed by atoms with E-state index in [-0.39, 0.29) is 5.91 Å². The van der Waals surface area contributed by atoms with Gasteiger partial charge in [0.2, 0.25) is 0 Å². The van der Waals surface area contributed by atoms with Gasteiger partial charge in [-0.3, -0.25) is 20.4 Å². The summed E-state index contributed by atoms with van der Waals surface area (Å²) >= 11 is 9.15. The lowest BCUT2D eigenvalue weighted by Crippen LogP contribution is -2.40. The summed E-state index contributed by atoms with van der Waals surface area (Å²) in [5, 5.41) is 0.628. The number of rotatable bonds is 3. The van der Waals surface area contributed by atoms with Gasteiger partial charge in [0.25, 0.3) is 11.8 Å². The quantitative estimate of drug-likeness (QED) is 0.614. The third-order valence-electron chi connectivity index (χ3n) is 3.03. The van der Waals surface area contributed by atoms with Crippen molar-refractivity contribution in [3.05, 3.63) is 74.7 Å². The molecule has 0 saturated heterocycles. The van der Waals surface area contributed by atoms with Crippen LogP contribution in [0, 0.1) is 6.92 Å². The fourth-order valence-corrected chi connectivity index (χ4v) is 2.22. The van der Waals surface area contributed by atoms with Crippen LogP contribution < -0.4 is 10.9 Å². The number of carbonyl (C=O) groups excluding carboxylic acids is 2. The Hall–Kier alpha value is -2.11. The first-order valence-corrected chi connectivity index (χ1v) is 7.93. The van der Waals surface area contributed by atoms with Gasteiger partial charge in [-0.05, 0) is 48.4 Å². The van der Waals surface area contributed by atoms with Gasteiger partial charge in [-0.2, -0.15) is 0 Å². The van der Waals surface area contributed by atoms with Crippen molar-refractivity contribution in [2.45, 2.75) is 6.92 Å². The van der Waals surface area contributed by atoms with Crippen LogP contribution in [0.15, 0.2) is 53.0 Å². The van der Waals surface area contributed by atoms with Gasteiger partial charge in [0.1, 0.15) is 0 Å². The number of benzene rings is 2. The number of halogens is 2. The molecule has 0 aliphatic rings. The van der Waals surface area contributed by atoms with Crippen LogP contribution in [0.5, 0.6) is 0 Å². The molecular formula is C17H14BrClN2O2. The van der Waals surface area contributed by atoms with Crippen LogP contribution in [0.1, 0.15) is 21.5 Å². The molecule has 6 heteroatoms. The zero-order chi connectivity index (χ0) is 16.8. The molecule has 2 amide bonds. The number of nitrogens with one attached hydrogen (secondary N) is 2. The molecule has 2 aromatic carbocycles. The van der Waals surface area contributed by atoms with E-state index in [0.29, 0.717) is 10.6 Å². The summed E-state index contributed by atoms with van der Waals surface area (Å²) in [6, 6.07) is 12.2. The van der Waals surface area contributed by atoms with E-state index in [4.69, 9.17) is 11.6 Å². The minimum Gasteiger partial charge on any atom is -0.268 e. The summed E-state index contributed by atoms with van der Waals surface area (Å²) in [4.78, 5) is 23.6. The average Bonchev–Trinajstić information content (AvgIpc) is 2.54. The molecule has 0 aliphatic carbocycles. The molecule has 0 radical (unpaired) electrons. The zero-order valence-electron chi connectivity index (χ0n) is 12.3. The van der Waals surface area contributed by atoms with E-state index in [1.165, 1.54) is 6.08 Å². The molecule has 0 aliphatic heterocycles. The van der Waals surface area contributed by atoms with Gasteiger partial charge in [-0.25, -0.2) is 0 Å². The second-order valence-electron chi connectivity index (χ2n) is 4.79. The van der Waals surface area contributed by atoms with E-state index in [2.05, 4.69) is 26.8 Å². The van der Waals surface area contributed by atoms with Gasteiger partial charge < -0.3 is 0 Å². The maximum atomic E-state index is 11.9. The summed E-state index contributed by atoms with van der Waals surface area (Å²) in [7, 11) is 0. The van der Waals surface area contributed by atoms with Gasteiger partial charge in [-0.15, -0.1) is 0 Å². The van der Waals surface area contributed by atoms with Crippen LogP contribution in [0.4, 0.5) is 0 Å². The fraction of sp³-hybridized carbons (Fsp3) is 0.0588. The average molecular weight is 394 g/mol. The normalized spacial score (nSPS) is 10.6. The molecule has 0 heterocycles. The Morgan fingerprint density at radius 2 is 1.78 bits per heavy atom. The molecule has 0 fully saturated rings. The zero-order valence-corrected chi connectivity index (χ0v) is 14.6. The second-order valence-corrected chi connectivity index (χ2v) is 6.08. The predicted molar refractivity (Wildman–Crippen MR) is 95.0 cm³/mol. The number of hydrogen-bond acceptors (Lipinski definition) is 2. The largest absolute Gasteiger partial charge is 0.269 e. The van der Waals surface area contributed by atoms with Crippen molar-refractivity contribution in [2.75, 3.05) is 0 Å². The van der Waals surface area contributed by atoms with Crippen molar-refractivity contribution in [2.24, 2.45) is 0 Å². The summed E-state index contributed by atoms with van der Waals surface area (Å²) in [6.45, 7) is 1.93. The number of hydrazine groups is 1. The Bertz CT molecular complexity index is 758. The Morgan fingerprint density at radius 1 is 1.09 bits per heavy atom. The molecule has 0 spiro atoms. The first kappa shape index (κ1) is 17.2. The molecule has 0 saturated carbocycles. The first-order valence-electron chi connectivity index (χ1n) is 6.76. The lowest BCUT2D eigenvalue weighted by atomic mass is 10.1. The molecule has 0 unspecified atom stereocenters. The van der Waals surface area contributed by atoms with Crippen molar-refractivity contribution in [1.29, 1.82) is 0 Å². The number of aryl methyl sites for hydroxylation is 1. The van der Waals surface area contributed by atoms with E-state index in [1.54, 1.807) is 42.5 Å². The van der Waals surface area contributed by atoms with E-state index < -0.39 is 5.91 Å². The highest BCUT2D eigenvalue weighted by Gasteiger charge is 2.07. The highest BCUT2D eigenvalue weighted by atomic mass is 79.9. The highest BCUT2D eigenvalue weighted by Crippen LogP contribution is 2.17. The lowest BCUT2D eigenvalue weighted by Gasteiger charge is -2.06. The molecule has 0 bridgehead atoms. The molecule has 2 N–H and O–H groups in total. The standard InChI is InChI=1S/C17H14BrClN2O2/c1-11-2-6-13(10-15(11)18)17(23)21-20-16(22)9-5-12-3-7-14(19)8-4-12/h2-10H,1H3,(H,20,22)(H,21,23)/b9-5+. The summed E-state index contributed by atoms with van der Waals surface area (Å²) in [5.74, 6) is -0.821.